The van der Waals surface area contributed by atoms with Gasteiger partial charge >= 0.3 is 7.12 Å². The van der Waals surface area contributed by atoms with Crippen molar-refractivity contribution in [2.24, 2.45) is 17.3 Å². The summed E-state index contributed by atoms with van der Waals surface area (Å²) >= 11 is 0. The summed E-state index contributed by atoms with van der Waals surface area (Å²) in [5.74, 6) is -0.424. The van der Waals surface area contributed by atoms with E-state index in [0.29, 0.717) is 24.7 Å². The summed E-state index contributed by atoms with van der Waals surface area (Å²) in [6, 6.07) is 23.5. The SMILES string of the molecule is CC12C3CC1[C@]21OB([C@H](Cc2ccc(F)cc2)NC(=O)[C@H](Cc2ccccc2)NC(=O)[C@H]2CCCc4ccccc42)O[C@]1(C)C3. The van der Waals surface area contributed by atoms with E-state index in [-0.39, 0.29) is 34.6 Å². The molecule has 2 N–H and O–H groups in total. The van der Waals surface area contributed by atoms with Crippen molar-refractivity contribution < 1.29 is 23.3 Å². The van der Waals surface area contributed by atoms with E-state index >= 15 is 0 Å². The molecule has 0 bridgehead atoms. The van der Waals surface area contributed by atoms with Crippen molar-refractivity contribution in [3.8, 4) is 0 Å². The maximum Gasteiger partial charge on any atom is 0.482 e. The van der Waals surface area contributed by atoms with Crippen molar-refractivity contribution >= 4 is 18.9 Å². The van der Waals surface area contributed by atoms with E-state index < -0.39 is 24.7 Å². The number of amides is 2. The van der Waals surface area contributed by atoms with Crippen LogP contribution in [-0.4, -0.2) is 42.1 Å². The smallest absolute Gasteiger partial charge is 0.402 e. The molecule has 8 rings (SSSR count). The molecule has 3 saturated carbocycles. The van der Waals surface area contributed by atoms with Crippen molar-refractivity contribution in [1.29, 1.82) is 0 Å². The normalized spacial score (nSPS) is 33.2. The first-order valence-corrected chi connectivity index (χ1v) is 16.5. The van der Waals surface area contributed by atoms with E-state index in [1.54, 1.807) is 12.1 Å². The number of fused-ring (bicyclic) bond motifs is 1. The van der Waals surface area contributed by atoms with Gasteiger partial charge in [-0.2, -0.15) is 0 Å². The fourth-order valence-corrected chi connectivity index (χ4v) is 9.75. The van der Waals surface area contributed by atoms with Crippen LogP contribution in [0.2, 0.25) is 0 Å². The van der Waals surface area contributed by atoms with Gasteiger partial charge in [0.1, 0.15) is 11.9 Å². The van der Waals surface area contributed by atoms with Crippen LogP contribution in [0.3, 0.4) is 0 Å². The second-order valence-corrected chi connectivity index (χ2v) is 14.4. The van der Waals surface area contributed by atoms with Crippen LogP contribution in [0.15, 0.2) is 78.9 Å². The highest BCUT2D eigenvalue weighted by atomic mass is 19.1. The van der Waals surface area contributed by atoms with Gasteiger partial charge in [-0.05, 0) is 91.7 Å². The molecule has 4 aliphatic carbocycles. The quantitative estimate of drug-likeness (QED) is 0.323. The van der Waals surface area contributed by atoms with Crippen LogP contribution in [-0.2, 0) is 38.2 Å². The predicted molar refractivity (Wildman–Crippen MR) is 170 cm³/mol. The van der Waals surface area contributed by atoms with Crippen LogP contribution in [0.5, 0.6) is 0 Å². The lowest BCUT2D eigenvalue weighted by Gasteiger charge is -2.36. The van der Waals surface area contributed by atoms with E-state index in [1.807, 2.05) is 48.5 Å². The zero-order valence-electron chi connectivity index (χ0n) is 25.9. The Balaban J connectivity index is 1.06. The van der Waals surface area contributed by atoms with Gasteiger partial charge in [-0.15, -0.1) is 0 Å². The minimum absolute atomic E-state index is 0.129. The van der Waals surface area contributed by atoms with Gasteiger partial charge in [0, 0.05) is 11.8 Å². The number of hydrogen-bond acceptors (Lipinski definition) is 4. The summed E-state index contributed by atoms with van der Waals surface area (Å²) in [7, 11) is -0.648. The van der Waals surface area contributed by atoms with Gasteiger partial charge in [0.2, 0.25) is 11.8 Å². The van der Waals surface area contributed by atoms with Crippen LogP contribution >= 0.6 is 0 Å². The van der Waals surface area contributed by atoms with Crippen LogP contribution < -0.4 is 10.6 Å². The first kappa shape index (κ1) is 29.0. The molecule has 3 aromatic carbocycles. The lowest BCUT2D eigenvalue weighted by atomic mass is 9.71. The van der Waals surface area contributed by atoms with Gasteiger partial charge < -0.3 is 19.9 Å². The van der Waals surface area contributed by atoms with Gasteiger partial charge in [0.25, 0.3) is 0 Å². The van der Waals surface area contributed by atoms with E-state index in [4.69, 9.17) is 9.31 Å². The molecule has 2 amide bonds. The molecule has 8 heteroatoms. The number of aryl methyl sites for hydroxylation is 1. The van der Waals surface area contributed by atoms with E-state index in [0.717, 1.165) is 42.4 Å². The average molecular weight is 607 g/mol. The third kappa shape index (κ3) is 4.43. The molecule has 0 aromatic heterocycles. The lowest BCUT2D eigenvalue weighted by Crippen LogP contribution is -2.56. The third-order valence-electron chi connectivity index (χ3n) is 12.0. The van der Waals surface area contributed by atoms with Gasteiger partial charge in [-0.1, -0.05) is 73.7 Å². The van der Waals surface area contributed by atoms with Crippen molar-refractivity contribution in [2.75, 3.05) is 0 Å². The fraction of sp³-hybridized carbons (Fsp3) is 0.459. The van der Waals surface area contributed by atoms with Crippen LogP contribution in [0, 0.1) is 23.1 Å². The van der Waals surface area contributed by atoms with Gasteiger partial charge in [-0.3, -0.25) is 9.59 Å². The van der Waals surface area contributed by atoms with Crippen LogP contribution in [0.4, 0.5) is 4.39 Å². The molecule has 3 aromatic rings. The van der Waals surface area contributed by atoms with Crippen molar-refractivity contribution in [2.45, 2.75) is 87.9 Å². The Bertz CT molecular complexity index is 1640. The van der Waals surface area contributed by atoms with Gasteiger partial charge in [0.05, 0.1) is 23.1 Å². The van der Waals surface area contributed by atoms with Crippen molar-refractivity contribution in [1.82, 2.24) is 10.6 Å². The number of nitrogens with one attached hydrogen (secondary N) is 2. The average Bonchev–Trinajstić information content (AvgIpc) is 3.23. The first-order valence-electron chi connectivity index (χ1n) is 16.5. The molecule has 6 nitrogen and oxygen atoms in total. The molecular weight excluding hydrogens is 566 g/mol. The first-order chi connectivity index (χ1) is 21.7. The second kappa shape index (κ2) is 10.5. The summed E-state index contributed by atoms with van der Waals surface area (Å²) in [6.07, 6.45) is 5.54. The van der Waals surface area contributed by atoms with Crippen molar-refractivity contribution in [3.63, 3.8) is 0 Å². The number of carbonyl (C=O) groups excluding carboxylic acids is 2. The Hall–Kier alpha value is -3.49. The van der Waals surface area contributed by atoms with E-state index in [1.165, 1.54) is 24.1 Å². The molecular formula is C37H40BFN2O4. The Morgan fingerprint density at radius 2 is 1.67 bits per heavy atom. The number of hydrogen-bond donors (Lipinski definition) is 2. The number of halogens is 1. The lowest BCUT2D eigenvalue weighted by molar-refractivity contribution is -0.130. The Morgan fingerprint density at radius 1 is 0.933 bits per heavy atom. The largest absolute Gasteiger partial charge is 0.482 e. The van der Waals surface area contributed by atoms with Gasteiger partial charge in [-0.25, -0.2) is 4.39 Å². The number of benzene rings is 3. The maximum atomic E-state index is 14.3. The molecule has 0 radical (unpaired) electrons. The Morgan fingerprint density at radius 3 is 2.42 bits per heavy atom. The molecule has 5 aliphatic rings. The van der Waals surface area contributed by atoms with E-state index in [9.17, 15) is 14.0 Å². The number of rotatable bonds is 9. The Kier molecular flexibility index (Phi) is 6.77. The summed E-state index contributed by atoms with van der Waals surface area (Å²) in [6.45, 7) is 4.49. The standard InChI is InChI=1S/C37H40BFN2O4/c1-35-22-26-21-31-36(26,2)37(31,35)45-38(44-35)32(20-24-15-17-27(39)18-16-24)41-34(43)30(19-23-9-4-3-5-10-23)40-33(42)29-14-8-12-25-11-6-7-13-28(25)29/h3-7,9-11,13,15-18,26,29-32H,8,12,14,19-22H2,1-2H3,(H,40,42)(H,41,43)/t26?,29-,30-,31?,32-,35+,36?,37+/m0/s1. The minimum atomic E-state index is -0.793. The van der Waals surface area contributed by atoms with Crippen molar-refractivity contribution in [3.05, 3.63) is 107 Å². The highest BCUT2D eigenvalue weighted by Crippen LogP contribution is 2.90. The highest BCUT2D eigenvalue weighted by molar-refractivity contribution is 6.48. The molecule has 3 unspecified atom stereocenters. The molecule has 4 fully saturated rings. The zero-order valence-corrected chi connectivity index (χ0v) is 25.9. The van der Waals surface area contributed by atoms with E-state index in [2.05, 4.69) is 30.5 Å². The highest BCUT2D eigenvalue weighted by Gasteiger charge is 2.96. The molecule has 1 aliphatic heterocycles. The molecule has 1 saturated heterocycles. The van der Waals surface area contributed by atoms with Crippen LogP contribution in [0.25, 0.3) is 0 Å². The second-order valence-electron chi connectivity index (χ2n) is 14.4. The monoisotopic (exact) mass is 606 g/mol. The van der Waals surface area contributed by atoms with Gasteiger partial charge in [0.15, 0.2) is 0 Å². The maximum absolute atomic E-state index is 14.3. The third-order valence-corrected chi connectivity index (χ3v) is 12.0. The Labute approximate surface area is 264 Å². The zero-order chi connectivity index (χ0) is 31.0. The minimum Gasteiger partial charge on any atom is -0.402 e. The van der Waals surface area contributed by atoms with Crippen LogP contribution in [0.1, 0.15) is 67.7 Å². The summed E-state index contributed by atoms with van der Waals surface area (Å²) in [4.78, 5) is 28.1. The summed E-state index contributed by atoms with van der Waals surface area (Å²) in [5, 5.41) is 6.40. The molecule has 1 spiro atoms. The fourth-order valence-electron chi connectivity index (χ4n) is 9.75. The molecule has 1 heterocycles. The molecule has 45 heavy (non-hydrogen) atoms. The number of carbonyl (C=O) groups is 2. The predicted octanol–water partition coefficient (Wildman–Crippen LogP) is 5.33. The summed E-state index contributed by atoms with van der Waals surface area (Å²) in [5.41, 5.74) is 3.52. The molecule has 8 atom stereocenters. The summed E-state index contributed by atoms with van der Waals surface area (Å²) < 4.78 is 27.4. The molecule has 232 valence electrons. The topological polar surface area (TPSA) is 76.7 Å².